The Hall–Kier alpha value is -1.56. The van der Waals surface area contributed by atoms with Gasteiger partial charge in [0.2, 0.25) is 0 Å². The fourth-order valence-electron chi connectivity index (χ4n) is 1.12. The number of hydrogen-bond acceptors (Lipinski definition) is 3. The lowest BCUT2D eigenvalue weighted by Gasteiger charge is -2.09. The normalized spacial score (nSPS) is 17.9. The van der Waals surface area contributed by atoms with Crippen molar-refractivity contribution in [1.29, 1.82) is 1.43 Å². The highest BCUT2D eigenvalue weighted by Crippen LogP contribution is 2.15. The van der Waals surface area contributed by atoms with Crippen LogP contribution in [0.3, 0.4) is 0 Å². The van der Waals surface area contributed by atoms with E-state index in [9.17, 15) is 18.0 Å². The molecule has 6 heteroatoms. The maximum absolute atomic E-state index is 13.5. The number of aliphatic carboxylic acids is 1. The van der Waals surface area contributed by atoms with E-state index in [2.05, 4.69) is 5.11 Å². The van der Waals surface area contributed by atoms with Gasteiger partial charge < -0.3 is 10.8 Å². The molecule has 0 saturated carbocycles. The summed E-state index contributed by atoms with van der Waals surface area (Å²) >= 11 is 0. The SMILES string of the molecule is [2H]OC(=O)C([2H])([2H])[C@@H](Cc1cc(F)c(F)cc1F)N([2H])[2H]. The van der Waals surface area contributed by atoms with Gasteiger partial charge in [0.25, 0.3) is 1.43 Å². The Morgan fingerprint density at radius 1 is 1.50 bits per heavy atom. The number of halogens is 3. The summed E-state index contributed by atoms with van der Waals surface area (Å²) in [6, 6.07) is -1.21. The van der Waals surface area contributed by atoms with Gasteiger partial charge in [-0.05, 0) is 18.1 Å². The van der Waals surface area contributed by atoms with Crippen LogP contribution in [0.15, 0.2) is 12.1 Å². The third kappa shape index (κ3) is 3.23. The van der Waals surface area contributed by atoms with E-state index >= 15 is 0 Å². The molecule has 1 rings (SSSR count). The molecule has 0 aromatic heterocycles. The van der Waals surface area contributed by atoms with Crippen LogP contribution in [-0.2, 0) is 11.2 Å². The van der Waals surface area contributed by atoms with E-state index in [1.165, 1.54) is 0 Å². The second kappa shape index (κ2) is 4.98. The smallest absolute Gasteiger partial charge is 0.304 e. The highest BCUT2D eigenvalue weighted by Gasteiger charge is 2.14. The van der Waals surface area contributed by atoms with Crippen molar-refractivity contribution >= 4 is 5.97 Å². The number of carboxylic acids is 1. The summed E-state index contributed by atoms with van der Waals surface area (Å²) in [5.74, 6) is -5.75. The van der Waals surface area contributed by atoms with Crippen molar-refractivity contribution in [2.24, 2.45) is 5.72 Å². The molecule has 0 radical (unpaired) electrons. The Kier molecular flexibility index (Phi) is 2.15. The molecule has 0 aliphatic carbocycles. The summed E-state index contributed by atoms with van der Waals surface area (Å²) < 4.78 is 74.8. The van der Waals surface area contributed by atoms with E-state index in [1.807, 2.05) is 0 Å². The van der Waals surface area contributed by atoms with Gasteiger partial charge in [-0.25, -0.2) is 13.2 Å². The lowest BCUT2D eigenvalue weighted by atomic mass is 10.0. The predicted octanol–water partition coefficient (Wildman–Crippen LogP) is 1.45. The zero-order valence-electron chi connectivity index (χ0n) is 12.8. The average molecular weight is 238 g/mol. The fourth-order valence-corrected chi connectivity index (χ4v) is 1.12. The Balaban J connectivity index is 3.16. The minimum atomic E-state index is -3.00. The van der Waals surface area contributed by atoms with Crippen LogP contribution in [-0.4, -0.2) is 17.1 Å². The molecule has 16 heavy (non-hydrogen) atoms. The molecule has 0 amide bonds. The van der Waals surface area contributed by atoms with Crippen molar-refractivity contribution < 1.29 is 28.6 Å². The predicted molar refractivity (Wildman–Crippen MR) is 50.2 cm³/mol. The summed E-state index contributed by atoms with van der Waals surface area (Å²) in [5, 5.41) is 3.47. The van der Waals surface area contributed by atoms with Gasteiger partial charge in [-0.15, -0.1) is 0 Å². The Morgan fingerprint density at radius 2 is 2.19 bits per heavy atom. The van der Waals surface area contributed by atoms with Gasteiger partial charge in [0.1, 0.15) is 8.64 Å². The minimum Gasteiger partial charge on any atom is -0.481 e. The number of carboxylic acid groups (broad SMARTS) is 1. The molecule has 88 valence electrons. The van der Waals surface area contributed by atoms with Crippen LogP contribution in [0, 0.1) is 17.5 Å². The first kappa shape index (κ1) is 6.90. The molecule has 0 fully saturated rings. The van der Waals surface area contributed by atoms with Gasteiger partial charge in [-0.2, -0.15) is 0 Å². The molecule has 0 saturated heterocycles. The summed E-state index contributed by atoms with van der Waals surface area (Å²) in [6.45, 7) is 0. The monoisotopic (exact) mass is 238 g/mol. The van der Waals surface area contributed by atoms with Crippen molar-refractivity contribution in [3.05, 3.63) is 35.1 Å². The number of benzene rings is 1. The van der Waals surface area contributed by atoms with E-state index in [0.717, 1.165) is 0 Å². The highest BCUT2D eigenvalue weighted by atomic mass is 19.2. The molecule has 0 heterocycles. The summed E-state index contributed by atoms with van der Waals surface area (Å²) in [5.41, 5.74) is -0.748. The van der Waals surface area contributed by atoms with E-state index < -0.39 is 47.8 Å². The molecule has 0 spiro atoms. The van der Waals surface area contributed by atoms with Gasteiger partial charge in [0.15, 0.2) is 11.6 Å². The number of carbonyl (C=O) groups is 1. The highest BCUT2D eigenvalue weighted by molar-refractivity contribution is 5.67. The zero-order valence-corrected chi connectivity index (χ0v) is 7.84. The van der Waals surface area contributed by atoms with Crippen LogP contribution in [0.2, 0.25) is 2.82 Å². The molecule has 1 aromatic rings. The number of hydrogen-bond donors (Lipinski definition) is 2. The average Bonchev–Trinajstić information content (AvgIpc) is 2.39. The minimum absolute atomic E-state index is 0.225. The van der Waals surface area contributed by atoms with Crippen molar-refractivity contribution in [3.63, 3.8) is 0 Å². The van der Waals surface area contributed by atoms with Crippen LogP contribution in [0.1, 0.15) is 14.7 Å². The van der Waals surface area contributed by atoms with Crippen LogP contribution in [0.5, 0.6) is 0 Å². The van der Waals surface area contributed by atoms with E-state index in [1.54, 1.807) is 0 Å². The third-order valence-electron chi connectivity index (χ3n) is 1.79. The first-order valence-corrected chi connectivity index (χ1v) is 4.19. The van der Waals surface area contributed by atoms with E-state index in [0.29, 0.717) is 6.07 Å². The fraction of sp³-hybridized carbons (Fsp3) is 0.300. The van der Waals surface area contributed by atoms with Gasteiger partial charge >= 0.3 is 5.97 Å². The lowest BCUT2D eigenvalue weighted by Crippen LogP contribution is -2.26. The maximum Gasteiger partial charge on any atom is 0.304 e. The molecule has 0 aliphatic rings. The first-order chi connectivity index (χ1) is 9.61. The van der Waals surface area contributed by atoms with Crippen molar-refractivity contribution in [2.75, 3.05) is 0 Å². The van der Waals surface area contributed by atoms with Gasteiger partial charge in [-0.3, -0.25) is 4.79 Å². The van der Waals surface area contributed by atoms with E-state index in [-0.39, 0.29) is 11.8 Å². The second-order valence-electron chi connectivity index (χ2n) is 3.01. The number of rotatable bonds is 5. The van der Waals surface area contributed by atoms with E-state index in [4.69, 9.17) is 7.00 Å². The molecular formula is C10H10F3NO2. The quantitative estimate of drug-likeness (QED) is 0.763. The first-order valence-electron chi connectivity index (χ1n) is 6.49. The van der Waals surface area contributed by atoms with Crippen LogP contribution < -0.4 is 5.72 Å². The standard InChI is InChI=1S/C10H10F3NO2/c11-7-4-9(13)8(12)2-5(7)1-6(14)3-10(15)16/h2,4,6H,1,3,14H2,(H,15,16)/t6-/m1/s1/i3D2/hD3. The van der Waals surface area contributed by atoms with Crippen LogP contribution in [0.25, 0.3) is 1.43 Å². The molecule has 1 aromatic carbocycles. The van der Waals surface area contributed by atoms with Gasteiger partial charge in [-0.1, -0.05) is 0 Å². The van der Waals surface area contributed by atoms with Crippen molar-refractivity contribution in [1.82, 2.24) is 0 Å². The molecule has 0 aliphatic heterocycles. The molecular weight excluding hydrogens is 223 g/mol. The van der Waals surface area contributed by atoms with Gasteiger partial charge in [0, 0.05) is 14.8 Å². The molecule has 0 bridgehead atoms. The Labute approximate surface area is 96.9 Å². The second-order valence-corrected chi connectivity index (χ2v) is 3.01. The molecule has 0 unspecified atom stereocenters. The zero-order chi connectivity index (χ0) is 16.4. The molecule has 3 N–H and O–H groups in total. The van der Waals surface area contributed by atoms with Gasteiger partial charge in [0.05, 0.1) is 6.37 Å². The lowest BCUT2D eigenvalue weighted by molar-refractivity contribution is -0.137. The topological polar surface area (TPSA) is 63.3 Å². The number of nitrogens with two attached hydrogens (primary N) is 1. The van der Waals surface area contributed by atoms with Crippen molar-refractivity contribution in [3.8, 4) is 0 Å². The third-order valence-corrected chi connectivity index (χ3v) is 1.79. The summed E-state index contributed by atoms with van der Waals surface area (Å²) in [4.78, 5) is 11.2. The largest absolute Gasteiger partial charge is 0.481 e. The Morgan fingerprint density at radius 3 is 2.81 bits per heavy atom. The van der Waals surface area contributed by atoms with Crippen molar-refractivity contribution in [2.45, 2.75) is 18.8 Å². The summed E-state index contributed by atoms with van der Waals surface area (Å²) in [6.07, 6.45) is -3.78. The summed E-state index contributed by atoms with van der Waals surface area (Å²) in [7, 11) is 0. The van der Waals surface area contributed by atoms with Crippen LogP contribution in [0.4, 0.5) is 13.2 Å². The molecule has 1 atom stereocenters. The molecule has 3 nitrogen and oxygen atoms in total. The Bertz CT molecular complexity index is 544. The van der Waals surface area contributed by atoms with Crippen LogP contribution >= 0.6 is 0 Å². The maximum atomic E-state index is 13.5.